The maximum absolute atomic E-state index is 10.7. The molecule has 0 radical (unpaired) electrons. The molecular weight excluding hydrogens is 184 g/mol. The molecule has 0 saturated heterocycles. The number of thiazole rings is 1. The van der Waals surface area contributed by atoms with Crippen molar-refractivity contribution in [3.8, 4) is 0 Å². The highest BCUT2D eigenvalue weighted by atomic mass is 32.2. The molecule has 0 saturated carbocycles. The summed E-state index contributed by atoms with van der Waals surface area (Å²) in [7, 11) is -3.54. The SMILES string of the molecule is CCc1ncc(S(N)(=O)=O)s1. The predicted octanol–water partition coefficient (Wildman–Crippen LogP) is 0.353. The second-order valence-electron chi connectivity index (χ2n) is 1.97. The molecule has 1 heterocycles. The number of nitrogens with two attached hydrogens (primary N) is 1. The fraction of sp³-hybridized carbons (Fsp3) is 0.400. The standard InChI is InChI=1S/C5H8N2O2S2/c1-2-4-7-3-5(10-4)11(6,8)9/h3H,2H2,1H3,(H2,6,8,9). The van der Waals surface area contributed by atoms with Gasteiger partial charge in [0.05, 0.1) is 11.2 Å². The van der Waals surface area contributed by atoms with Gasteiger partial charge in [-0.15, -0.1) is 11.3 Å². The van der Waals surface area contributed by atoms with Crippen LogP contribution in [0, 0.1) is 0 Å². The van der Waals surface area contributed by atoms with Gasteiger partial charge in [-0.2, -0.15) is 0 Å². The van der Waals surface area contributed by atoms with Crippen LogP contribution in [0.3, 0.4) is 0 Å². The van der Waals surface area contributed by atoms with E-state index in [-0.39, 0.29) is 4.21 Å². The van der Waals surface area contributed by atoms with Crippen molar-refractivity contribution in [1.82, 2.24) is 4.98 Å². The largest absolute Gasteiger partial charge is 0.249 e. The maximum Gasteiger partial charge on any atom is 0.249 e. The Morgan fingerprint density at radius 3 is 2.64 bits per heavy atom. The molecule has 0 aliphatic heterocycles. The average molecular weight is 192 g/mol. The van der Waals surface area contributed by atoms with E-state index in [9.17, 15) is 8.42 Å². The van der Waals surface area contributed by atoms with Crippen molar-refractivity contribution in [2.75, 3.05) is 0 Å². The summed E-state index contributed by atoms with van der Waals surface area (Å²) in [5.74, 6) is 0. The van der Waals surface area contributed by atoms with Gasteiger partial charge in [0.2, 0.25) is 10.0 Å². The number of rotatable bonds is 2. The van der Waals surface area contributed by atoms with E-state index in [2.05, 4.69) is 4.98 Å². The number of hydrogen-bond acceptors (Lipinski definition) is 4. The minimum atomic E-state index is -3.54. The summed E-state index contributed by atoms with van der Waals surface area (Å²) in [6, 6.07) is 0. The first-order chi connectivity index (χ1) is 5.04. The molecule has 0 fully saturated rings. The molecule has 0 aliphatic rings. The molecule has 1 aromatic rings. The lowest BCUT2D eigenvalue weighted by Gasteiger charge is -1.86. The number of sulfonamides is 1. The summed E-state index contributed by atoms with van der Waals surface area (Å²) in [5, 5.41) is 5.65. The summed E-state index contributed by atoms with van der Waals surface area (Å²) in [4.78, 5) is 3.86. The topological polar surface area (TPSA) is 73.0 Å². The van der Waals surface area contributed by atoms with E-state index < -0.39 is 10.0 Å². The number of nitrogens with zero attached hydrogens (tertiary/aromatic N) is 1. The van der Waals surface area contributed by atoms with E-state index in [4.69, 9.17) is 5.14 Å². The van der Waals surface area contributed by atoms with E-state index >= 15 is 0 Å². The smallest absolute Gasteiger partial charge is 0.248 e. The molecule has 6 heteroatoms. The Balaban J connectivity index is 3.09. The van der Waals surface area contributed by atoms with Crippen molar-refractivity contribution >= 4 is 21.4 Å². The van der Waals surface area contributed by atoms with Gasteiger partial charge in [0, 0.05) is 0 Å². The van der Waals surface area contributed by atoms with Gasteiger partial charge in [-0.25, -0.2) is 18.5 Å². The van der Waals surface area contributed by atoms with Gasteiger partial charge in [0.15, 0.2) is 4.21 Å². The number of hydrogen-bond donors (Lipinski definition) is 1. The third kappa shape index (κ3) is 1.98. The van der Waals surface area contributed by atoms with Crippen LogP contribution in [-0.4, -0.2) is 13.4 Å². The van der Waals surface area contributed by atoms with E-state index in [1.807, 2.05) is 6.92 Å². The van der Waals surface area contributed by atoms with Crippen LogP contribution in [0.4, 0.5) is 0 Å². The number of aryl methyl sites for hydroxylation is 1. The fourth-order valence-electron chi connectivity index (χ4n) is 0.589. The maximum atomic E-state index is 10.7. The van der Waals surface area contributed by atoms with Crippen LogP contribution in [0.2, 0.25) is 0 Å². The minimum Gasteiger partial charge on any atom is -0.248 e. The molecule has 62 valence electrons. The molecule has 0 atom stereocenters. The van der Waals surface area contributed by atoms with Crippen molar-refractivity contribution in [2.45, 2.75) is 17.6 Å². The Bertz CT molecular complexity index is 341. The van der Waals surface area contributed by atoms with Crippen LogP contribution in [-0.2, 0) is 16.4 Å². The lowest BCUT2D eigenvalue weighted by atomic mass is 10.5. The lowest BCUT2D eigenvalue weighted by Crippen LogP contribution is -2.09. The van der Waals surface area contributed by atoms with Crippen molar-refractivity contribution in [3.05, 3.63) is 11.2 Å². The summed E-state index contributed by atoms with van der Waals surface area (Å²) >= 11 is 1.12. The van der Waals surface area contributed by atoms with E-state index in [1.165, 1.54) is 6.20 Å². The first-order valence-corrected chi connectivity index (χ1v) is 5.38. The Labute approximate surface area is 69.1 Å². The summed E-state index contributed by atoms with van der Waals surface area (Å²) in [6.45, 7) is 1.91. The second-order valence-corrected chi connectivity index (χ2v) is 4.88. The van der Waals surface area contributed by atoms with Crippen LogP contribution >= 0.6 is 11.3 Å². The molecule has 1 rings (SSSR count). The zero-order valence-electron chi connectivity index (χ0n) is 5.94. The lowest BCUT2D eigenvalue weighted by molar-refractivity contribution is 0.599. The van der Waals surface area contributed by atoms with Crippen LogP contribution in [0.5, 0.6) is 0 Å². The minimum absolute atomic E-state index is 0.134. The molecule has 11 heavy (non-hydrogen) atoms. The third-order valence-corrected chi connectivity index (χ3v) is 3.66. The Hall–Kier alpha value is -0.460. The first kappa shape index (κ1) is 8.63. The molecule has 4 nitrogen and oxygen atoms in total. The molecular formula is C5H8N2O2S2. The molecule has 0 unspecified atom stereocenters. The zero-order chi connectivity index (χ0) is 8.48. The molecule has 0 spiro atoms. The fourth-order valence-corrected chi connectivity index (χ4v) is 2.13. The number of primary sulfonamides is 1. The Morgan fingerprint density at radius 2 is 2.36 bits per heavy atom. The van der Waals surface area contributed by atoms with Crippen LogP contribution < -0.4 is 5.14 Å². The van der Waals surface area contributed by atoms with Gasteiger partial charge in [-0.1, -0.05) is 6.92 Å². The molecule has 0 aromatic carbocycles. The van der Waals surface area contributed by atoms with Crippen LogP contribution in [0.15, 0.2) is 10.4 Å². The van der Waals surface area contributed by atoms with Crippen molar-refractivity contribution in [3.63, 3.8) is 0 Å². The predicted molar refractivity (Wildman–Crippen MR) is 42.9 cm³/mol. The van der Waals surface area contributed by atoms with E-state index in [0.29, 0.717) is 0 Å². The van der Waals surface area contributed by atoms with Gasteiger partial charge in [0.1, 0.15) is 0 Å². The molecule has 1 aromatic heterocycles. The van der Waals surface area contributed by atoms with Gasteiger partial charge >= 0.3 is 0 Å². The monoisotopic (exact) mass is 192 g/mol. The van der Waals surface area contributed by atoms with Gasteiger partial charge in [-0.05, 0) is 6.42 Å². The third-order valence-electron chi connectivity index (χ3n) is 1.12. The van der Waals surface area contributed by atoms with E-state index in [1.54, 1.807) is 0 Å². The van der Waals surface area contributed by atoms with Crippen LogP contribution in [0.25, 0.3) is 0 Å². The highest BCUT2D eigenvalue weighted by molar-refractivity contribution is 7.91. The normalized spacial score (nSPS) is 11.8. The van der Waals surface area contributed by atoms with E-state index in [0.717, 1.165) is 22.8 Å². The highest BCUT2D eigenvalue weighted by Gasteiger charge is 2.10. The molecule has 0 amide bonds. The molecule has 0 aliphatic carbocycles. The molecule has 0 bridgehead atoms. The summed E-state index contributed by atoms with van der Waals surface area (Å²) in [6.07, 6.45) is 2.03. The zero-order valence-corrected chi connectivity index (χ0v) is 7.58. The summed E-state index contributed by atoms with van der Waals surface area (Å²) < 4.78 is 21.6. The second kappa shape index (κ2) is 2.88. The highest BCUT2D eigenvalue weighted by Crippen LogP contribution is 2.16. The Kier molecular flexibility index (Phi) is 2.26. The first-order valence-electron chi connectivity index (χ1n) is 3.01. The number of aromatic nitrogens is 1. The van der Waals surface area contributed by atoms with Crippen molar-refractivity contribution in [2.24, 2.45) is 5.14 Å². The van der Waals surface area contributed by atoms with Crippen LogP contribution in [0.1, 0.15) is 11.9 Å². The van der Waals surface area contributed by atoms with Crippen molar-refractivity contribution < 1.29 is 8.42 Å². The Morgan fingerprint density at radius 1 is 1.73 bits per heavy atom. The van der Waals surface area contributed by atoms with Crippen molar-refractivity contribution in [1.29, 1.82) is 0 Å². The van der Waals surface area contributed by atoms with Gasteiger partial charge in [-0.3, -0.25) is 0 Å². The quantitative estimate of drug-likeness (QED) is 0.735. The summed E-state index contributed by atoms with van der Waals surface area (Å²) in [5.41, 5.74) is 0. The average Bonchev–Trinajstić information content (AvgIpc) is 2.32. The molecule has 2 N–H and O–H groups in total. The van der Waals surface area contributed by atoms with Gasteiger partial charge in [0.25, 0.3) is 0 Å². The van der Waals surface area contributed by atoms with Gasteiger partial charge < -0.3 is 0 Å².